The van der Waals surface area contributed by atoms with Crippen molar-refractivity contribution >= 4 is 0 Å². The molecule has 0 aromatic carbocycles. The third-order valence-corrected chi connectivity index (χ3v) is 4.79. The molecule has 0 aromatic heterocycles. The van der Waals surface area contributed by atoms with Gasteiger partial charge in [-0.15, -0.1) is 0 Å². The maximum atomic E-state index is 3.73. The van der Waals surface area contributed by atoms with Crippen molar-refractivity contribution in [2.24, 2.45) is 5.41 Å². The van der Waals surface area contributed by atoms with Crippen molar-refractivity contribution in [2.45, 2.75) is 91.6 Å². The lowest BCUT2D eigenvalue weighted by Crippen LogP contribution is -2.60. The van der Waals surface area contributed by atoms with Crippen LogP contribution in [0.4, 0.5) is 0 Å². The third kappa shape index (κ3) is 6.13. The van der Waals surface area contributed by atoms with Crippen LogP contribution in [0.1, 0.15) is 79.6 Å². The second-order valence-corrected chi connectivity index (χ2v) is 7.66. The normalized spacial score (nSPS) is 25.1. The van der Waals surface area contributed by atoms with E-state index >= 15 is 0 Å². The van der Waals surface area contributed by atoms with E-state index in [0.717, 1.165) is 6.54 Å². The van der Waals surface area contributed by atoms with Crippen LogP contribution < -0.4 is 5.32 Å². The smallest absolute Gasteiger partial charge is 0.0269 e. The molecule has 1 N–H and O–H groups in total. The molecular formula is C18H38N2. The number of nitrogens with one attached hydrogen (secondary N) is 1. The highest BCUT2D eigenvalue weighted by Crippen LogP contribution is 2.27. The van der Waals surface area contributed by atoms with Crippen LogP contribution in [-0.4, -0.2) is 36.6 Å². The van der Waals surface area contributed by atoms with Crippen molar-refractivity contribution < 1.29 is 0 Å². The molecule has 1 fully saturated rings. The Bertz CT molecular complexity index is 244. The van der Waals surface area contributed by atoms with Crippen LogP contribution in [0.15, 0.2) is 0 Å². The van der Waals surface area contributed by atoms with Gasteiger partial charge in [-0.25, -0.2) is 0 Å². The van der Waals surface area contributed by atoms with Crippen LogP contribution in [0, 0.1) is 5.41 Å². The average Bonchev–Trinajstić information content (AvgIpc) is 2.41. The van der Waals surface area contributed by atoms with Gasteiger partial charge in [0.25, 0.3) is 0 Å². The zero-order valence-corrected chi connectivity index (χ0v) is 14.7. The summed E-state index contributed by atoms with van der Waals surface area (Å²) in [6.07, 6.45) is 9.67. The number of piperazine rings is 1. The lowest BCUT2D eigenvalue weighted by molar-refractivity contribution is 0.0534. The van der Waals surface area contributed by atoms with Gasteiger partial charge in [-0.1, -0.05) is 66.7 Å². The summed E-state index contributed by atoms with van der Waals surface area (Å²) in [5.41, 5.74) is 0.383. The first-order chi connectivity index (χ1) is 9.49. The Morgan fingerprint density at radius 1 is 1.00 bits per heavy atom. The molecule has 1 saturated heterocycles. The molecule has 2 atom stereocenters. The fourth-order valence-electron chi connectivity index (χ4n) is 3.35. The van der Waals surface area contributed by atoms with Gasteiger partial charge in [-0.05, 0) is 24.8 Å². The monoisotopic (exact) mass is 282 g/mol. The first-order valence-corrected chi connectivity index (χ1v) is 8.96. The molecule has 0 saturated carbocycles. The van der Waals surface area contributed by atoms with Gasteiger partial charge in [-0.2, -0.15) is 0 Å². The number of hydrogen-bond acceptors (Lipinski definition) is 2. The Kier molecular flexibility index (Phi) is 8.13. The van der Waals surface area contributed by atoms with Crippen molar-refractivity contribution in [2.75, 3.05) is 19.6 Å². The van der Waals surface area contributed by atoms with E-state index in [1.165, 1.54) is 58.0 Å². The predicted octanol–water partition coefficient (Wildman–Crippen LogP) is 4.45. The summed E-state index contributed by atoms with van der Waals surface area (Å²) in [7, 11) is 0. The van der Waals surface area contributed by atoms with E-state index in [0.29, 0.717) is 17.5 Å². The van der Waals surface area contributed by atoms with Crippen LogP contribution in [0.3, 0.4) is 0 Å². The number of hydrogen-bond donors (Lipinski definition) is 1. The Morgan fingerprint density at radius 3 is 2.25 bits per heavy atom. The molecule has 2 heteroatoms. The summed E-state index contributed by atoms with van der Waals surface area (Å²) in [6.45, 7) is 15.5. The molecule has 120 valence electrons. The van der Waals surface area contributed by atoms with Gasteiger partial charge in [0.1, 0.15) is 0 Å². The van der Waals surface area contributed by atoms with Crippen molar-refractivity contribution in [1.29, 1.82) is 0 Å². The lowest BCUT2D eigenvalue weighted by atomic mass is 9.83. The van der Waals surface area contributed by atoms with E-state index in [1.54, 1.807) is 0 Å². The van der Waals surface area contributed by atoms with Gasteiger partial charge in [-0.3, -0.25) is 4.90 Å². The van der Waals surface area contributed by atoms with Crippen molar-refractivity contribution in [1.82, 2.24) is 10.2 Å². The van der Waals surface area contributed by atoms with Gasteiger partial charge in [0.05, 0.1) is 0 Å². The number of unbranched alkanes of at least 4 members (excludes halogenated alkanes) is 5. The molecule has 0 aromatic rings. The minimum atomic E-state index is 0.383. The molecule has 0 bridgehead atoms. The predicted molar refractivity (Wildman–Crippen MR) is 90.3 cm³/mol. The van der Waals surface area contributed by atoms with E-state index in [2.05, 4.69) is 44.8 Å². The molecule has 1 aliphatic heterocycles. The fraction of sp³-hybridized carbons (Fsp3) is 1.00. The van der Waals surface area contributed by atoms with E-state index < -0.39 is 0 Å². The largest absolute Gasteiger partial charge is 0.311 e. The third-order valence-electron chi connectivity index (χ3n) is 4.79. The molecule has 0 amide bonds. The Balaban J connectivity index is 2.36. The zero-order chi connectivity index (χ0) is 15.0. The molecule has 2 nitrogen and oxygen atoms in total. The Labute approximate surface area is 127 Å². The van der Waals surface area contributed by atoms with Crippen LogP contribution in [-0.2, 0) is 0 Å². The van der Waals surface area contributed by atoms with Crippen LogP contribution in [0.5, 0.6) is 0 Å². The molecule has 1 aliphatic rings. The second-order valence-electron chi connectivity index (χ2n) is 7.66. The number of nitrogens with zero attached hydrogens (tertiary/aromatic N) is 1. The maximum Gasteiger partial charge on any atom is 0.0269 e. The van der Waals surface area contributed by atoms with E-state index in [9.17, 15) is 0 Å². The molecule has 0 aliphatic carbocycles. The maximum absolute atomic E-state index is 3.73. The molecule has 2 unspecified atom stereocenters. The fourth-order valence-corrected chi connectivity index (χ4v) is 3.35. The molecule has 1 rings (SSSR count). The van der Waals surface area contributed by atoms with E-state index in [1.807, 2.05) is 0 Å². The summed E-state index contributed by atoms with van der Waals surface area (Å²) in [5, 5.41) is 3.73. The van der Waals surface area contributed by atoms with Crippen LogP contribution >= 0.6 is 0 Å². The van der Waals surface area contributed by atoms with Gasteiger partial charge >= 0.3 is 0 Å². The first kappa shape index (κ1) is 18.0. The van der Waals surface area contributed by atoms with E-state index in [-0.39, 0.29) is 0 Å². The van der Waals surface area contributed by atoms with Gasteiger partial charge in [0, 0.05) is 25.2 Å². The topological polar surface area (TPSA) is 15.3 Å². The van der Waals surface area contributed by atoms with Crippen molar-refractivity contribution in [3.63, 3.8) is 0 Å². The summed E-state index contributed by atoms with van der Waals surface area (Å²) in [4.78, 5) is 2.77. The molecule has 1 heterocycles. The standard InChI is InChI=1S/C18H38N2/c1-6-8-9-10-11-12-13-20-15-16(7-2)19-14-17(20)18(3,4)5/h16-17,19H,6-15H2,1-5H3. The second kappa shape index (κ2) is 9.04. The van der Waals surface area contributed by atoms with Crippen molar-refractivity contribution in [3.8, 4) is 0 Å². The Morgan fingerprint density at radius 2 is 1.65 bits per heavy atom. The molecule has 0 spiro atoms. The minimum Gasteiger partial charge on any atom is -0.311 e. The summed E-state index contributed by atoms with van der Waals surface area (Å²) >= 11 is 0. The zero-order valence-electron chi connectivity index (χ0n) is 14.7. The minimum absolute atomic E-state index is 0.383. The average molecular weight is 283 g/mol. The van der Waals surface area contributed by atoms with Gasteiger partial charge in [0.2, 0.25) is 0 Å². The lowest BCUT2D eigenvalue weighted by Gasteiger charge is -2.46. The summed E-state index contributed by atoms with van der Waals surface area (Å²) in [6, 6.07) is 1.40. The highest BCUT2D eigenvalue weighted by Gasteiger charge is 2.34. The van der Waals surface area contributed by atoms with Gasteiger partial charge in [0.15, 0.2) is 0 Å². The quantitative estimate of drug-likeness (QED) is 0.662. The van der Waals surface area contributed by atoms with Crippen LogP contribution in [0.2, 0.25) is 0 Å². The SMILES string of the molecule is CCCCCCCCN1CC(CC)NCC1C(C)(C)C. The molecule has 0 radical (unpaired) electrons. The highest BCUT2D eigenvalue weighted by atomic mass is 15.2. The number of rotatable bonds is 8. The van der Waals surface area contributed by atoms with Gasteiger partial charge < -0.3 is 5.32 Å². The highest BCUT2D eigenvalue weighted by molar-refractivity contribution is 4.91. The van der Waals surface area contributed by atoms with Crippen molar-refractivity contribution in [3.05, 3.63) is 0 Å². The summed E-state index contributed by atoms with van der Waals surface area (Å²) < 4.78 is 0. The van der Waals surface area contributed by atoms with E-state index in [4.69, 9.17) is 0 Å². The van der Waals surface area contributed by atoms with Crippen LogP contribution in [0.25, 0.3) is 0 Å². The first-order valence-electron chi connectivity index (χ1n) is 8.96. The molecular weight excluding hydrogens is 244 g/mol. The Hall–Kier alpha value is -0.0800. The summed E-state index contributed by atoms with van der Waals surface area (Å²) in [5.74, 6) is 0. The molecule has 20 heavy (non-hydrogen) atoms.